The molecule has 1 fully saturated rings. The highest BCUT2D eigenvalue weighted by atomic mass is 16.5. The summed E-state index contributed by atoms with van der Waals surface area (Å²) in [7, 11) is 1.54. The Labute approximate surface area is 208 Å². The first-order chi connectivity index (χ1) is 17.2. The van der Waals surface area contributed by atoms with Gasteiger partial charge < -0.3 is 14.6 Å². The first-order valence-electron chi connectivity index (χ1n) is 11.4. The predicted octanol–water partition coefficient (Wildman–Crippen LogP) is 4.59. The van der Waals surface area contributed by atoms with Crippen LogP contribution in [0.3, 0.4) is 0 Å². The summed E-state index contributed by atoms with van der Waals surface area (Å²) in [6, 6.07) is 15.4. The van der Waals surface area contributed by atoms with Crippen molar-refractivity contribution in [2.45, 2.75) is 32.9 Å². The molecule has 1 amide bonds. The zero-order valence-electron chi connectivity index (χ0n) is 20.4. The topological polar surface area (TPSA) is 106 Å². The highest BCUT2D eigenvalue weighted by molar-refractivity contribution is 6.51. The molecule has 1 aliphatic rings. The van der Waals surface area contributed by atoms with Crippen molar-refractivity contribution in [1.82, 2.24) is 4.98 Å². The maximum absolute atomic E-state index is 13.3. The number of aliphatic hydroxyl groups excluding tert-OH is 1. The first-order valence-corrected chi connectivity index (χ1v) is 11.4. The molecule has 4 rings (SSSR count). The lowest BCUT2D eigenvalue weighted by Crippen LogP contribution is -2.30. The van der Waals surface area contributed by atoms with Gasteiger partial charge in [-0.15, -0.1) is 0 Å². The average molecular weight is 487 g/mol. The van der Waals surface area contributed by atoms with Crippen molar-refractivity contribution in [1.29, 1.82) is 0 Å². The van der Waals surface area contributed by atoms with Crippen molar-refractivity contribution in [2.75, 3.05) is 12.0 Å². The number of carbonyl (C=O) groups is 3. The van der Waals surface area contributed by atoms with Gasteiger partial charge in [-0.2, -0.15) is 0 Å². The number of hydrogen-bond acceptors (Lipinski definition) is 7. The van der Waals surface area contributed by atoms with E-state index in [1.54, 1.807) is 81.8 Å². The summed E-state index contributed by atoms with van der Waals surface area (Å²) >= 11 is 0. The van der Waals surface area contributed by atoms with Crippen LogP contribution in [-0.4, -0.2) is 41.0 Å². The van der Waals surface area contributed by atoms with Gasteiger partial charge in [0.15, 0.2) is 0 Å². The van der Waals surface area contributed by atoms with Gasteiger partial charge in [-0.25, -0.2) is 4.79 Å². The van der Waals surface area contributed by atoms with E-state index in [4.69, 9.17) is 9.47 Å². The Bertz CT molecular complexity index is 1360. The molecule has 0 saturated carbocycles. The Kier molecular flexibility index (Phi) is 6.87. The Morgan fingerprint density at radius 1 is 1.03 bits per heavy atom. The minimum Gasteiger partial charge on any atom is -0.507 e. The number of ether oxygens (including phenoxy) is 2. The van der Waals surface area contributed by atoms with Crippen LogP contribution in [0.5, 0.6) is 5.75 Å². The second-order valence-electron chi connectivity index (χ2n) is 8.61. The molecule has 0 aliphatic carbocycles. The summed E-state index contributed by atoms with van der Waals surface area (Å²) in [5, 5.41) is 11.3. The molecular formula is C28H26N2O6. The van der Waals surface area contributed by atoms with E-state index in [2.05, 4.69) is 4.98 Å². The third kappa shape index (κ3) is 4.57. The Morgan fingerprint density at radius 2 is 1.81 bits per heavy atom. The average Bonchev–Trinajstić information content (AvgIpc) is 3.14. The number of rotatable bonds is 6. The van der Waals surface area contributed by atoms with Gasteiger partial charge >= 0.3 is 5.97 Å². The van der Waals surface area contributed by atoms with Gasteiger partial charge in [0.1, 0.15) is 17.6 Å². The molecular weight excluding hydrogens is 460 g/mol. The van der Waals surface area contributed by atoms with E-state index in [1.807, 2.05) is 6.92 Å². The van der Waals surface area contributed by atoms with E-state index in [9.17, 15) is 19.5 Å². The number of anilines is 1. The summed E-state index contributed by atoms with van der Waals surface area (Å²) in [5.41, 5.74) is 1.93. The van der Waals surface area contributed by atoms with Gasteiger partial charge in [0.05, 0.1) is 30.0 Å². The van der Waals surface area contributed by atoms with Gasteiger partial charge in [0.2, 0.25) is 0 Å². The van der Waals surface area contributed by atoms with E-state index < -0.39 is 23.7 Å². The van der Waals surface area contributed by atoms with E-state index >= 15 is 0 Å². The second-order valence-corrected chi connectivity index (χ2v) is 8.61. The molecule has 2 aromatic carbocycles. The van der Waals surface area contributed by atoms with Crippen molar-refractivity contribution in [3.05, 3.63) is 94.8 Å². The van der Waals surface area contributed by atoms with Gasteiger partial charge in [-0.3, -0.25) is 19.5 Å². The fourth-order valence-corrected chi connectivity index (χ4v) is 4.16. The lowest BCUT2D eigenvalue weighted by Gasteiger charge is -2.25. The van der Waals surface area contributed by atoms with Crippen LogP contribution in [0.25, 0.3) is 5.76 Å². The van der Waals surface area contributed by atoms with Crippen molar-refractivity contribution in [2.24, 2.45) is 0 Å². The number of carbonyl (C=O) groups excluding carboxylic acids is 3. The minimum absolute atomic E-state index is 0.0987. The maximum Gasteiger partial charge on any atom is 0.338 e. The summed E-state index contributed by atoms with van der Waals surface area (Å²) < 4.78 is 10.6. The van der Waals surface area contributed by atoms with Crippen molar-refractivity contribution in [3.8, 4) is 5.75 Å². The number of aromatic nitrogens is 1. The van der Waals surface area contributed by atoms with Gasteiger partial charge in [0, 0.05) is 17.4 Å². The number of methoxy groups -OCH3 is 1. The number of ketones is 1. The second kappa shape index (κ2) is 10.0. The first kappa shape index (κ1) is 24.7. The number of pyridine rings is 1. The largest absolute Gasteiger partial charge is 0.507 e. The Hall–Kier alpha value is -4.46. The molecule has 8 heteroatoms. The molecule has 1 aromatic heterocycles. The monoisotopic (exact) mass is 486 g/mol. The quantitative estimate of drug-likeness (QED) is 0.235. The zero-order valence-corrected chi connectivity index (χ0v) is 20.4. The van der Waals surface area contributed by atoms with Crippen molar-refractivity contribution < 1.29 is 29.0 Å². The fourth-order valence-electron chi connectivity index (χ4n) is 4.16. The highest BCUT2D eigenvalue weighted by Gasteiger charge is 2.47. The lowest BCUT2D eigenvalue weighted by molar-refractivity contribution is -0.132. The number of benzene rings is 2. The number of esters is 1. The van der Waals surface area contributed by atoms with E-state index in [1.165, 1.54) is 11.0 Å². The number of hydrogen-bond donors (Lipinski definition) is 1. The van der Waals surface area contributed by atoms with Gasteiger partial charge in [0.25, 0.3) is 11.7 Å². The molecule has 0 bridgehead atoms. The summed E-state index contributed by atoms with van der Waals surface area (Å²) in [6.45, 7) is 5.29. The molecule has 0 spiro atoms. The molecule has 184 valence electrons. The van der Waals surface area contributed by atoms with Crippen molar-refractivity contribution in [3.63, 3.8) is 0 Å². The number of nitrogens with zero attached hydrogens (tertiary/aromatic N) is 2. The fraction of sp³-hybridized carbons (Fsp3) is 0.214. The van der Waals surface area contributed by atoms with Crippen LogP contribution in [0.4, 0.5) is 5.69 Å². The third-order valence-corrected chi connectivity index (χ3v) is 5.78. The number of Topliss-reactive ketones (excluding diaryl/α,β-unsaturated/α-hetero) is 1. The molecule has 36 heavy (non-hydrogen) atoms. The number of amides is 1. The third-order valence-electron chi connectivity index (χ3n) is 5.78. The normalized spacial score (nSPS) is 16.9. The number of aryl methyl sites for hydroxylation is 1. The molecule has 8 nitrogen and oxygen atoms in total. The standard InChI is InChI=1S/C28H26N2O6/c1-16(2)36-28(34)19-8-7-9-20(15-19)30-24(21-10-5-6-13-29-21)23(26(32)27(30)33)25(31)18-11-12-22(35-4)17(3)14-18/h5-16,24,31H,1-4H3/b25-23+. The Balaban J connectivity index is 1.88. The molecule has 1 atom stereocenters. The molecule has 1 unspecified atom stereocenters. The minimum atomic E-state index is -1.01. The molecule has 0 radical (unpaired) electrons. The van der Waals surface area contributed by atoms with Crippen LogP contribution in [-0.2, 0) is 14.3 Å². The highest BCUT2D eigenvalue weighted by Crippen LogP contribution is 2.42. The summed E-state index contributed by atoms with van der Waals surface area (Å²) in [6.07, 6.45) is 1.22. The molecule has 3 aromatic rings. The molecule has 2 heterocycles. The van der Waals surface area contributed by atoms with Crippen LogP contribution in [0.1, 0.15) is 47.1 Å². The molecule has 1 aliphatic heterocycles. The van der Waals surface area contributed by atoms with Gasteiger partial charge in [-0.05, 0) is 74.9 Å². The summed E-state index contributed by atoms with van der Waals surface area (Å²) in [4.78, 5) is 44.8. The Morgan fingerprint density at radius 3 is 2.44 bits per heavy atom. The molecule has 1 saturated heterocycles. The zero-order chi connectivity index (χ0) is 26.0. The smallest absolute Gasteiger partial charge is 0.338 e. The van der Waals surface area contributed by atoms with Crippen LogP contribution in [0.2, 0.25) is 0 Å². The van der Waals surface area contributed by atoms with Gasteiger partial charge in [-0.1, -0.05) is 12.1 Å². The SMILES string of the molecule is COc1ccc(/C(O)=C2\C(=O)C(=O)N(c3cccc(C(=O)OC(C)C)c3)C2c2ccccn2)cc1C. The van der Waals surface area contributed by atoms with Crippen LogP contribution >= 0.6 is 0 Å². The maximum atomic E-state index is 13.3. The lowest BCUT2D eigenvalue weighted by atomic mass is 9.97. The summed E-state index contributed by atoms with van der Waals surface area (Å²) in [5.74, 6) is -1.95. The number of aliphatic hydroxyl groups is 1. The van der Waals surface area contributed by atoms with E-state index in [-0.39, 0.29) is 23.0 Å². The van der Waals surface area contributed by atoms with Crippen LogP contribution in [0, 0.1) is 6.92 Å². The van der Waals surface area contributed by atoms with E-state index in [0.29, 0.717) is 22.7 Å². The molecule has 1 N–H and O–H groups in total. The van der Waals surface area contributed by atoms with Crippen LogP contribution < -0.4 is 9.64 Å². The van der Waals surface area contributed by atoms with Crippen LogP contribution in [0.15, 0.2) is 72.4 Å². The predicted molar refractivity (Wildman–Crippen MR) is 134 cm³/mol. The van der Waals surface area contributed by atoms with Crippen molar-refractivity contribution >= 4 is 29.1 Å². The van der Waals surface area contributed by atoms with E-state index in [0.717, 1.165) is 5.56 Å².